The second kappa shape index (κ2) is 9.05. The van der Waals surface area contributed by atoms with Gasteiger partial charge in [-0.1, -0.05) is 71.9 Å². The number of hydrogen-bond donors (Lipinski definition) is 1. The van der Waals surface area contributed by atoms with Gasteiger partial charge < -0.3 is 5.32 Å². The first kappa shape index (κ1) is 21.2. The van der Waals surface area contributed by atoms with Crippen molar-refractivity contribution in [1.82, 2.24) is 14.6 Å². The van der Waals surface area contributed by atoms with Crippen molar-refractivity contribution in [2.45, 2.75) is 5.16 Å². The molecule has 162 valence electrons. The summed E-state index contributed by atoms with van der Waals surface area (Å²) in [5.74, 6) is -0.372. The number of pyridine rings is 1. The third-order valence-corrected chi connectivity index (χ3v) is 6.28. The third kappa shape index (κ3) is 4.33. The molecule has 1 N–H and O–H groups in total. The van der Waals surface area contributed by atoms with Crippen molar-refractivity contribution in [1.29, 1.82) is 0 Å². The number of para-hydroxylation sites is 1. The van der Waals surface area contributed by atoms with Crippen LogP contribution in [0.1, 0.15) is 15.9 Å². The number of ketones is 1. The highest BCUT2D eigenvalue weighted by molar-refractivity contribution is 7.99. The highest BCUT2D eigenvalue weighted by Crippen LogP contribution is 2.26. The summed E-state index contributed by atoms with van der Waals surface area (Å²) in [5, 5.41) is 13.4. The van der Waals surface area contributed by atoms with Crippen LogP contribution in [0.4, 0.5) is 5.69 Å². The predicted molar refractivity (Wildman–Crippen MR) is 131 cm³/mol. The Morgan fingerprint density at radius 3 is 2.55 bits per heavy atom. The summed E-state index contributed by atoms with van der Waals surface area (Å²) in [7, 11) is 0. The molecule has 0 aliphatic rings. The average Bonchev–Trinajstić information content (AvgIpc) is 3.27. The molecule has 5 rings (SSSR count). The number of nitrogens with one attached hydrogen (secondary N) is 1. The lowest BCUT2D eigenvalue weighted by molar-refractivity contribution is -0.113. The lowest BCUT2D eigenvalue weighted by Crippen LogP contribution is -2.17. The molecule has 0 fully saturated rings. The van der Waals surface area contributed by atoms with E-state index >= 15 is 0 Å². The summed E-state index contributed by atoms with van der Waals surface area (Å²) in [4.78, 5) is 25.7. The van der Waals surface area contributed by atoms with E-state index in [-0.39, 0.29) is 17.4 Å². The molecule has 0 atom stereocenters. The fraction of sp³-hybridized carbons (Fsp3) is 0.0400. The number of thioether (sulfide) groups is 1. The maximum Gasteiger partial charge on any atom is 0.234 e. The number of benzene rings is 3. The number of amides is 1. The van der Waals surface area contributed by atoms with Gasteiger partial charge in [-0.15, -0.1) is 10.2 Å². The summed E-state index contributed by atoms with van der Waals surface area (Å²) < 4.78 is 1.93. The minimum Gasteiger partial charge on any atom is -0.325 e. The van der Waals surface area contributed by atoms with Crippen LogP contribution in [0.15, 0.2) is 90.1 Å². The molecule has 8 heteroatoms. The molecular weight excluding hydrogens is 456 g/mol. The molecule has 3 aromatic carbocycles. The fourth-order valence-electron chi connectivity index (χ4n) is 3.58. The minimum atomic E-state index is -0.263. The molecule has 0 unspecified atom stereocenters. The number of nitrogens with zero attached hydrogens (tertiary/aromatic N) is 3. The topological polar surface area (TPSA) is 76.4 Å². The average molecular weight is 473 g/mol. The maximum absolute atomic E-state index is 13.0. The summed E-state index contributed by atoms with van der Waals surface area (Å²) in [5.41, 5.74) is 2.95. The molecule has 6 nitrogen and oxygen atoms in total. The van der Waals surface area contributed by atoms with Gasteiger partial charge in [0.15, 0.2) is 16.6 Å². The summed E-state index contributed by atoms with van der Waals surface area (Å²) >= 11 is 7.41. The van der Waals surface area contributed by atoms with E-state index in [1.807, 2.05) is 46.9 Å². The molecule has 2 heterocycles. The Kier molecular flexibility index (Phi) is 5.81. The molecule has 1 amide bonds. The van der Waals surface area contributed by atoms with Gasteiger partial charge in [0, 0.05) is 16.1 Å². The molecule has 0 saturated carbocycles. The standard InChI is InChI=1S/C25H17ClN4O2S/c26-18-11-12-20(19(14-18)24(32)17-7-2-1-3-8-17)27-23(31)15-33-25-29-28-22-13-10-16-6-4-5-9-21(16)30(22)25/h1-14H,15H2,(H,27,31). The van der Waals surface area contributed by atoms with Crippen molar-refractivity contribution >= 4 is 57.3 Å². The first-order valence-corrected chi connectivity index (χ1v) is 11.5. The van der Waals surface area contributed by atoms with Gasteiger partial charge >= 0.3 is 0 Å². The smallest absolute Gasteiger partial charge is 0.234 e. The minimum absolute atomic E-state index is 0.103. The van der Waals surface area contributed by atoms with Crippen LogP contribution in [0, 0.1) is 0 Å². The van der Waals surface area contributed by atoms with Gasteiger partial charge in [-0.25, -0.2) is 0 Å². The first-order chi connectivity index (χ1) is 16.1. The Morgan fingerprint density at radius 2 is 1.70 bits per heavy atom. The van der Waals surface area contributed by atoms with Crippen LogP contribution in [0.5, 0.6) is 0 Å². The number of anilines is 1. The largest absolute Gasteiger partial charge is 0.325 e. The molecule has 2 aromatic heterocycles. The van der Waals surface area contributed by atoms with Crippen LogP contribution < -0.4 is 5.32 Å². The van der Waals surface area contributed by atoms with Gasteiger partial charge in [0.25, 0.3) is 0 Å². The summed E-state index contributed by atoms with van der Waals surface area (Å²) in [6.45, 7) is 0. The molecule has 0 bridgehead atoms. The van der Waals surface area contributed by atoms with Crippen LogP contribution in [-0.4, -0.2) is 32.0 Å². The maximum atomic E-state index is 13.0. The number of hydrogen-bond acceptors (Lipinski definition) is 5. The molecule has 0 radical (unpaired) electrons. The van der Waals surface area contributed by atoms with Crippen LogP contribution in [0.3, 0.4) is 0 Å². The van der Waals surface area contributed by atoms with Crippen molar-refractivity contribution < 1.29 is 9.59 Å². The van der Waals surface area contributed by atoms with E-state index in [2.05, 4.69) is 15.5 Å². The molecule has 0 aliphatic carbocycles. The van der Waals surface area contributed by atoms with E-state index < -0.39 is 0 Å². The number of rotatable bonds is 6. The number of carbonyl (C=O) groups excluding carboxylic acids is 2. The fourth-order valence-corrected chi connectivity index (χ4v) is 4.50. The van der Waals surface area contributed by atoms with Crippen LogP contribution in [-0.2, 0) is 4.79 Å². The Balaban J connectivity index is 1.36. The van der Waals surface area contributed by atoms with E-state index in [4.69, 9.17) is 11.6 Å². The van der Waals surface area contributed by atoms with Gasteiger partial charge in [-0.2, -0.15) is 0 Å². The zero-order valence-corrected chi connectivity index (χ0v) is 18.8. The van der Waals surface area contributed by atoms with E-state index in [1.54, 1.807) is 42.5 Å². The quantitative estimate of drug-likeness (QED) is 0.261. The van der Waals surface area contributed by atoms with Gasteiger partial charge in [0.2, 0.25) is 5.91 Å². The normalized spacial score (nSPS) is 11.1. The highest BCUT2D eigenvalue weighted by Gasteiger charge is 2.17. The molecule has 33 heavy (non-hydrogen) atoms. The van der Waals surface area contributed by atoms with Gasteiger partial charge in [0.1, 0.15) is 0 Å². The molecule has 0 saturated heterocycles. The highest BCUT2D eigenvalue weighted by atomic mass is 35.5. The van der Waals surface area contributed by atoms with Gasteiger partial charge in [-0.05, 0) is 41.8 Å². The van der Waals surface area contributed by atoms with Crippen molar-refractivity contribution in [2.75, 3.05) is 11.1 Å². The van der Waals surface area contributed by atoms with Crippen LogP contribution in [0.25, 0.3) is 16.6 Å². The third-order valence-electron chi connectivity index (χ3n) is 5.12. The summed E-state index contributed by atoms with van der Waals surface area (Å²) in [6, 6.07) is 25.5. The van der Waals surface area contributed by atoms with Gasteiger partial charge in [-0.3, -0.25) is 14.0 Å². The van der Waals surface area contributed by atoms with E-state index in [0.29, 0.717) is 32.6 Å². The molecule has 5 aromatic rings. The number of aromatic nitrogens is 3. The number of halogens is 1. The lowest BCUT2D eigenvalue weighted by atomic mass is 10.0. The van der Waals surface area contributed by atoms with Crippen LogP contribution >= 0.6 is 23.4 Å². The van der Waals surface area contributed by atoms with Crippen molar-refractivity contribution in [3.63, 3.8) is 0 Å². The summed E-state index contributed by atoms with van der Waals surface area (Å²) in [6.07, 6.45) is 0. The predicted octanol–water partition coefficient (Wildman–Crippen LogP) is 5.50. The monoisotopic (exact) mass is 472 g/mol. The zero-order chi connectivity index (χ0) is 22.8. The number of carbonyl (C=O) groups is 2. The van der Waals surface area contributed by atoms with Crippen molar-refractivity contribution in [2.24, 2.45) is 0 Å². The lowest BCUT2D eigenvalue weighted by Gasteiger charge is -2.11. The van der Waals surface area contributed by atoms with Crippen molar-refractivity contribution in [3.8, 4) is 0 Å². The van der Waals surface area contributed by atoms with Crippen LogP contribution in [0.2, 0.25) is 5.02 Å². The van der Waals surface area contributed by atoms with E-state index in [9.17, 15) is 9.59 Å². The molecular formula is C25H17ClN4O2S. The Hall–Kier alpha value is -3.68. The molecule has 0 spiro atoms. The van der Waals surface area contributed by atoms with Gasteiger partial charge in [0.05, 0.1) is 17.0 Å². The Bertz CT molecular complexity index is 1500. The second-order valence-corrected chi connectivity index (χ2v) is 8.67. The Morgan fingerprint density at radius 1 is 0.909 bits per heavy atom. The van der Waals surface area contributed by atoms with E-state index in [1.165, 1.54) is 11.8 Å². The van der Waals surface area contributed by atoms with E-state index in [0.717, 1.165) is 10.9 Å². The zero-order valence-electron chi connectivity index (χ0n) is 17.2. The first-order valence-electron chi connectivity index (χ1n) is 10.1. The SMILES string of the molecule is O=C(CSc1nnc2ccc3ccccc3n12)Nc1ccc(Cl)cc1C(=O)c1ccccc1. The Labute approximate surface area is 198 Å². The second-order valence-electron chi connectivity index (χ2n) is 7.29. The molecule has 0 aliphatic heterocycles. The van der Waals surface area contributed by atoms with Crippen molar-refractivity contribution in [3.05, 3.63) is 101 Å². The number of fused-ring (bicyclic) bond motifs is 3.